The zero-order chi connectivity index (χ0) is 20.3. The summed E-state index contributed by atoms with van der Waals surface area (Å²) in [6, 6.07) is 23.7. The Morgan fingerprint density at radius 3 is 2.63 bits per heavy atom. The van der Waals surface area contributed by atoms with Gasteiger partial charge in [0.1, 0.15) is 17.6 Å². The highest BCUT2D eigenvalue weighted by Gasteiger charge is 2.42. The van der Waals surface area contributed by atoms with Crippen molar-refractivity contribution in [1.82, 2.24) is 15.2 Å². The van der Waals surface area contributed by atoms with Gasteiger partial charge in [-0.25, -0.2) is 0 Å². The van der Waals surface area contributed by atoms with Crippen LogP contribution >= 0.6 is 24.0 Å². The largest absolute Gasteiger partial charge is 0.467 e. The fourth-order valence-electron chi connectivity index (χ4n) is 3.61. The molecule has 2 atom stereocenters. The SMILES string of the molecule is S=C1N[C@H](c2ccccn2)[C@@H](c2ccc(Sc3ccccc3)o2)N1Cc1ccco1. The lowest BCUT2D eigenvalue weighted by atomic mass is 10.0. The van der Waals surface area contributed by atoms with E-state index in [0.717, 1.165) is 27.2 Å². The summed E-state index contributed by atoms with van der Waals surface area (Å²) < 4.78 is 11.9. The number of benzene rings is 1. The Bertz CT molecular complexity index is 1110. The molecule has 4 aromatic rings. The number of hydrogen-bond donors (Lipinski definition) is 1. The van der Waals surface area contributed by atoms with Crippen LogP contribution in [0.5, 0.6) is 0 Å². The van der Waals surface area contributed by atoms with E-state index in [-0.39, 0.29) is 12.1 Å². The number of nitrogens with zero attached hydrogens (tertiary/aromatic N) is 2. The number of pyridine rings is 1. The molecule has 0 bridgehead atoms. The lowest BCUT2D eigenvalue weighted by molar-refractivity contribution is 0.241. The molecule has 1 N–H and O–H groups in total. The van der Waals surface area contributed by atoms with Gasteiger partial charge in [-0.05, 0) is 60.7 Å². The number of nitrogens with one attached hydrogen (secondary N) is 1. The molecular weight excluding hydrogens is 414 g/mol. The number of aromatic nitrogens is 1. The molecule has 1 saturated heterocycles. The molecule has 0 unspecified atom stereocenters. The Morgan fingerprint density at radius 2 is 1.87 bits per heavy atom. The Balaban J connectivity index is 1.48. The lowest BCUT2D eigenvalue weighted by Gasteiger charge is -2.25. The second-order valence-corrected chi connectivity index (χ2v) is 8.37. The first-order valence-corrected chi connectivity index (χ1v) is 10.8. The minimum atomic E-state index is -0.136. The molecule has 1 aliphatic heterocycles. The Hall–Kier alpha value is -3.03. The van der Waals surface area contributed by atoms with Crippen LogP contribution in [-0.4, -0.2) is 15.0 Å². The van der Waals surface area contributed by atoms with Crippen molar-refractivity contribution in [3.8, 4) is 0 Å². The van der Waals surface area contributed by atoms with Crippen LogP contribution < -0.4 is 5.32 Å². The smallest absolute Gasteiger partial charge is 0.170 e. The summed E-state index contributed by atoms with van der Waals surface area (Å²) in [7, 11) is 0. The topological polar surface area (TPSA) is 54.4 Å². The van der Waals surface area contributed by atoms with E-state index in [1.54, 1.807) is 24.2 Å². The van der Waals surface area contributed by atoms with Gasteiger partial charge in [-0.2, -0.15) is 0 Å². The van der Waals surface area contributed by atoms with E-state index >= 15 is 0 Å². The first-order valence-electron chi connectivity index (χ1n) is 9.61. The van der Waals surface area contributed by atoms with Crippen molar-refractivity contribution in [2.24, 2.45) is 0 Å². The zero-order valence-electron chi connectivity index (χ0n) is 16.0. The molecule has 1 aliphatic rings. The van der Waals surface area contributed by atoms with Crippen LogP contribution in [0.25, 0.3) is 0 Å². The average Bonchev–Trinajstić information content (AvgIpc) is 3.52. The quantitative estimate of drug-likeness (QED) is 0.398. The molecule has 0 radical (unpaired) electrons. The summed E-state index contributed by atoms with van der Waals surface area (Å²) in [6.45, 7) is 0.550. The van der Waals surface area contributed by atoms with Crippen molar-refractivity contribution in [3.63, 3.8) is 0 Å². The number of furan rings is 2. The molecule has 1 aromatic carbocycles. The van der Waals surface area contributed by atoms with Crippen molar-refractivity contribution in [1.29, 1.82) is 0 Å². The van der Waals surface area contributed by atoms with Gasteiger partial charge in [-0.1, -0.05) is 36.0 Å². The van der Waals surface area contributed by atoms with Crippen molar-refractivity contribution in [3.05, 3.63) is 102 Å². The van der Waals surface area contributed by atoms with E-state index < -0.39 is 0 Å². The lowest BCUT2D eigenvalue weighted by Crippen LogP contribution is -2.28. The fraction of sp³-hybridized carbons (Fsp3) is 0.130. The highest BCUT2D eigenvalue weighted by atomic mass is 32.2. The van der Waals surface area contributed by atoms with Crippen LogP contribution in [0.4, 0.5) is 0 Å². The summed E-state index contributed by atoms with van der Waals surface area (Å²) in [5.74, 6) is 1.68. The summed E-state index contributed by atoms with van der Waals surface area (Å²) >= 11 is 7.28. The number of thiocarbonyl (C=S) groups is 1. The maximum atomic E-state index is 6.28. The molecule has 0 aliphatic carbocycles. The Morgan fingerprint density at radius 1 is 1.00 bits per heavy atom. The van der Waals surface area contributed by atoms with Gasteiger partial charge in [0.15, 0.2) is 10.2 Å². The normalized spacial score (nSPS) is 18.5. The predicted octanol–water partition coefficient (Wildman–Crippen LogP) is 5.59. The number of hydrogen-bond acceptors (Lipinski definition) is 5. The molecular formula is C23H19N3O2S2. The first kappa shape index (κ1) is 19.0. The van der Waals surface area contributed by atoms with Gasteiger partial charge < -0.3 is 19.1 Å². The zero-order valence-corrected chi connectivity index (χ0v) is 17.6. The molecule has 0 amide bonds. The summed E-state index contributed by atoms with van der Waals surface area (Å²) in [4.78, 5) is 7.79. The molecule has 30 heavy (non-hydrogen) atoms. The third-order valence-electron chi connectivity index (χ3n) is 4.96. The van der Waals surface area contributed by atoms with Crippen LogP contribution in [0.1, 0.15) is 29.3 Å². The maximum Gasteiger partial charge on any atom is 0.170 e. The van der Waals surface area contributed by atoms with Crippen LogP contribution in [0.2, 0.25) is 0 Å². The predicted molar refractivity (Wildman–Crippen MR) is 119 cm³/mol. The van der Waals surface area contributed by atoms with Gasteiger partial charge in [-0.3, -0.25) is 4.98 Å². The monoisotopic (exact) mass is 433 g/mol. The second-order valence-electron chi connectivity index (χ2n) is 6.91. The Kier molecular flexibility index (Phi) is 5.29. The van der Waals surface area contributed by atoms with Gasteiger partial charge >= 0.3 is 0 Å². The van der Waals surface area contributed by atoms with Gasteiger partial charge in [0.05, 0.1) is 24.5 Å². The van der Waals surface area contributed by atoms with Crippen molar-refractivity contribution < 1.29 is 8.83 Å². The van der Waals surface area contributed by atoms with E-state index in [4.69, 9.17) is 21.1 Å². The van der Waals surface area contributed by atoms with E-state index in [1.165, 1.54) is 0 Å². The minimum absolute atomic E-state index is 0.116. The van der Waals surface area contributed by atoms with Crippen LogP contribution in [-0.2, 0) is 6.54 Å². The van der Waals surface area contributed by atoms with Crippen LogP contribution in [0.15, 0.2) is 104 Å². The van der Waals surface area contributed by atoms with Gasteiger partial charge in [-0.15, -0.1) is 0 Å². The van der Waals surface area contributed by atoms with Crippen molar-refractivity contribution in [2.75, 3.05) is 0 Å². The molecule has 0 spiro atoms. The third kappa shape index (κ3) is 3.86. The van der Waals surface area contributed by atoms with E-state index in [1.807, 2.05) is 60.7 Å². The minimum Gasteiger partial charge on any atom is -0.467 e. The summed E-state index contributed by atoms with van der Waals surface area (Å²) in [5, 5.41) is 4.92. The molecule has 150 valence electrons. The van der Waals surface area contributed by atoms with Crippen LogP contribution in [0.3, 0.4) is 0 Å². The number of rotatable bonds is 6. The van der Waals surface area contributed by atoms with Gasteiger partial charge in [0, 0.05) is 11.1 Å². The van der Waals surface area contributed by atoms with E-state index in [0.29, 0.717) is 11.7 Å². The highest BCUT2D eigenvalue weighted by molar-refractivity contribution is 7.99. The fourth-order valence-corrected chi connectivity index (χ4v) is 4.71. The van der Waals surface area contributed by atoms with Crippen molar-refractivity contribution in [2.45, 2.75) is 28.6 Å². The van der Waals surface area contributed by atoms with Gasteiger partial charge in [0.2, 0.25) is 0 Å². The molecule has 7 heteroatoms. The molecule has 3 aromatic heterocycles. The first-order chi connectivity index (χ1) is 14.8. The molecule has 0 saturated carbocycles. The van der Waals surface area contributed by atoms with Crippen molar-refractivity contribution >= 4 is 29.1 Å². The van der Waals surface area contributed by atoms with E-state index in [2.05, 4.69) is 27.3 Å². The highest BCUT2D eigenvalue weighted by Crippen LogP contribution is 2.41. The summed E-state index contributed by atoms with van der Waals surface area (Å²) in [6.07, 6.45) is 3.47. The third-order valence-corrected chi connectivity index (χ3v) is 6.24. The average molecular weight is 434 g/mol. The van der Waals surface area contributed by atoms with Gasteiger partial charge in [0.25, 0.3) is 0 Å². The molecule has 5 nitrogen and oxygen atoms in total. The molecule has 1 fully saturated rings. The Labute approximate surface area is 184 Å². The maximum absolute atomic E-state index is 6.28. The van der Waals surface area contributed by atoms with Crippen LogP contribution in [0, 0.1) is 0 Å². The van der Waals surface area contributed by atoms with E-state index in [9.17, 15) is 0 Å². The standard InChI is InChI=1S/C23H19N3O2S2/c29-23-25-21(18-10-4-5-13-24-18)22(26(23)15-16-7-6-14-27-16)19-11-12-20(28-19)30-17-8-2-1-3-9-17/h1-14,21-22H,15H2,(H,25,29)/t21-,22-/m1/s1. The molecule has 4 heterocycles. The molecule has 5 rings (SSSR count). The summed E-state index contributed by atoms with van der Waals surface area (Å²) in [5.41, 5.74) is 0.917. The second kappa shape index (κ2) is 8.38.